The summed E-state index contributed by atoms with van der Waals surface area (Å²) in [5.74, 6) is 0.727. The van der Waals surface area contributed by atoms with Gasteiger partial charge in [-0.1, -0.05) is 0 Å². The van der Waals surface area contributed by atoms with E-state index in [0.717, 1.165) is 4.31 Å². The van der Waals surface area contributed by atoms with Crippen molar-refractivity contribution in [2.24, 2.45) is 0 Å². The molecule has 0 radical (unpaired) electrons. The fourth-order valence-corrected chi connectivity index (χ4v) is 4.62. The van der Waals surface area contributed by atoms with E-state index in [4.69, 9.17) is 23.7 Å². The smallest absolute Gasteiger partial charge is 0.344 e. The zero-order valence-electron chi connectivity index (χ0n) is 20.7. The van der Waals surface area contributed by atoms with Gasteiger partial charge in [-0.3, -0.25) is 9.10 Å². The van der Waals surface area contributed by atoms with Crippen LogP contribution in [-0.4, -0.2) is 54.0 Å². The molecule has 0 fully saturated rings. The molecule has 1 heterocycles. The second kappa shape index (κ2) is 11.7. The first-order valence-electron chi connectivity index (χ1n) is 11.6. The molecule has 12 heteroatoms. The van der Waals surface area contributed by atoms with E-state index in [1.165, 1.54) is 31.3 Å². The zero-order chi connectivity index (χ0) is 27.1. The zero-order valence-corrected chi connectivity index (χ0v) is 21.5. The van der Waals surface area contributed by atoms with Gasteiger partial charge in [0.25, 0.3) is 15.9 Å². The standard InChI is InChI=1S/C26H26N2O9S/c1-3-33-20-9-11-22(12-10-20)38(31,32)28(2)19-5-7-21(8-6-19)34-16-26(30)35-15-25(29)27-18-4-13-23-24(14-18)37-17-36-23/h4-14H,3,15-17H2,1-2H3,(H,27,29). The molecule has 11 nitrogen and oxygen atoms in total. The summed E-state index contributed by atoms with van der Waals surface area (Å²) in [7, 11) is -2.35. The molecule has 0 unspecified atom stereocenters. The number of rotatable bonds is 11. The topological polar surface area (TPSA) is 130 Å². The molecule has 1 amide bonds. The third-order valence-electron chi connectivity index (χ3n) is 5.37. The van der Waals surface area contributed by atoms with E-state index >= 15 is 0 Å². The molecule has 1 aliphatic rings. The third-order valence-corrected chi connectivity index (χ3v) is 7.17. The lowest BCUT2D eigenvalue weighted by Crippen LogP contribution is -2.26. The minimum atomic E-state index is -3.79. The van der Waals surface area contributed by atoms with Crippen LogP contribution in [-0.2, 0) is 24.3 Å². The van der Waals surface area contributed by atoms with E-state index in [0.29, 0.717) is 41.0 Å². The summed E-state index contributed by atoms with van der Waals surface area (Å²) in [4.78, 5) is 24.2. The highest BCUT2D eigenvalue weighted by molar-refractivity contribution is 7.92. The Hall–Kier alpha value is -4.45. The molecule has 3 aromatic carbocycles. The van der Waals surface area contributed by atoms with Gasteiger partial charge in [0.1, 0.15) is 11.5 Å². The first kappa shape index (κ1) is 26.6. The van der Waals surface area contributed by atoms with Crippen LogP contribution in [0.5, 0.6) is 23.0 Å². The molecule has 0 atom stereocenters. The number of anilines is 2. The van der Waals surface area contributed by atoms with E-state index in [1.54, 1.807) is 42.5 Å². The van der Waals surface area contributed by atoms with Crippen molar-refractivity contribution >= 4 is 33.3 Å². The van der Waals surface area contributed by atoms with E-state index in [-0.39, 0.29) is 11.7 Å². The van der Waals surface area contributed by atoms with Crippen LogP contribution in [0.3, 0.4) is 0 Å². The fraction of sp³-hybridized carbons (Fsp3) is 0.231. The van der Waals surface area contributed by atoms with Crippen molar-refractivity contribution in [2.45, 2.75) is 11.8 Å². The second-order valence-electron chi connectivity index (χ2n) is 7.94. The van der Waals surface area contributed by atoms with Gasteiger partial charge in [0.05, 0.1) is 17.2 Å². The largest absolute Gasteiger partial charge is 0.494 e. The normalized spacial score (nSPS) is 11.9. The number of fused-ring (bicyclic) bond motifs is 1. The van der Waals surface area contributed by atoms with Crippen molar-refractivity contribution < 1.29 is 41.7 Å². The van der Waals surface area contributed by atoms with Crippen LogP contribution in [0, 0.1) is 0 Å². The number of nitrogens with one attached hydrogen (secondary N) is 1. The van der Waals surface area contributed by atoms with Gasteiger partial charge in [0.2, 0.25) is 6.79 Å². The number of ether oxygens (including phenoxy) is 5. The van der Waals surface area contributed by atoms with Gasteiger partial charge in [0, 0.05) is 18.8 Å². The van der Waals surface area contributed by atoms with Crippen LogP contribution in [0.1, 0.15) is 6.92 Å². The number of sulfonamides is 1. The molecule has 38 heavy (non-hydrogen) atoms. The fourth-order valence-electron chi connectivity index (χ4n) is 3.43. The summed E-state index contributed by atoms with van der Waals surface area (Å²) in [6, 6.07) is 17.2. The van der Waals surface area contributed by atoms with Gasteiger partial charge in [-0.05, 0) is 67.6 Å². The SMILES string of the molecule is CCOc1ccc(S(=O)(=O)N(C)c2ccc(OCC(=O)OCC(=O)Nc3ccc4c(c3)OCO4)cc2)cc1. The quantitative estimate of drug-likeness (QED) is 0.363. The highest BCUT2D eigenvalue weighted by Gasteiger charge is 2.21. The summed E-state index contributed by atoms with van der Waals surface area (Å²) in [6.45, 7) is 1.51. The molecule has 200 valence electrons. The van der Waals surface area contributed by atoms with Gasteiger partial charge in [-0.2, -0.15) is 0 Å². The molecular weight excluding hydrogens is 516 g/mol. The first-order valence-corrected chi connectivity index (χ1v) is 13.0. The first-order chi connectivity index (χ1) is 18.3. The number of esters is 1. The van der Waals surface area contributed by atoms with Gasteiger partial charge in [0.15, 0.2) is 24.7 Å². The van der Waals surface area contributed by atoms with Crippen LogP contribution in [0.4, 0.5) is 11.4 Å². The molecule has 1 N–H and O–H groups in total. The predicted octanol–water partition coefficient (Wildman–Crippen LogP) is 3.20. The van der Waals surface area contributed by atoms with E-state index < -0.39 is 35.1 Å². The second-order valence-corrected chi connectivity index (χ2v) is 9.91. The summed E-state index contributed by atoms with van der Waals surface area (Å²) >= 11 is 0. The minimum absolute atomic E-state index is 0.118. The van der Waals surface area contributed by atoms with E-state index in [1.807, 2.05) is 6.92 Å². The molecule has 3 aromatic rings. The van der Waals surface area contributed by atoms with Gasteiger partial charge in [-0.15, -0.1) is 0 Å². The molecule has 0 aliphatic carbocycles. The highest BCUT2D eigenvalue weighted by Crippen LogP contribution is 2.34. The summed E-state index contributed by atoms with van der Waals surface area (Å²) in [5.41, 5.74) is 0.871. The van der Waals surface area contributed by atoms with Crippen molar-refractivity contribution in [1.29, 1.82) is 0 Å². The van der Waals surface area contributed by atoms with Crippen LogP contribution in [0.2, 0.25) is 0 Å². The molecule has 1 aliphatic heterocycles. The minimum Gasteiger partial charge on any atom is -0.494 e. The number of hydrogen-bond acceptors (Lipinski definition) is 9. The summed E-state index contributed by atoms with van der Waals surface area (Å²) in [6.07, 6.45) is 0. The van der Waals surface area contributed by atoms with Gasteiger partial charge < -0.3 is 29.0 Å². The summed E-state index contributed by atoms with van der Waals surface area (Å²) in [5, 5.41) is 2.60. The van der Waals surface area contributed by atoms with Crippen molar-refractivity contribution in [3.63, 3.8) is 0 Å². The molecule has 0 saturated carbocycles. The van der Waals surface area contributed by atoms with E-state index in [2.05, 4.69) is 5.32 Å². The predicted molar refractivity (Wildman–Crippen MR) is 137 cm³/mol. The molecule has 0 bridgehead atoms. The van der Waals surface area contributed by atoms with Crippen LogP contribution in [0.25, 0.3) is 0 Å². The Morgan fingerprint density at radius 3 is 2.26 bits per heavy atom. The van der Waals surface area contributed by atoms with Crippen molar-refractivity contribution in [3.05, 3.63) is 66.7 Å². The Kier molecular flexibility index (Phi) is 8.22. The lowest BCUT2D eigenvalue weighted by molar-refractivity contribution is -0.149. The number of amides is 1. The number of hydrogen-bond donors (Lipinski definition) is 1. The lowest BCUT2D eigenvalue weighted by atomic mass is 10.3. The molecular formula is C26H26N2O9S. The third kappa shape index (κ3) is 6.45. The van der Waals surface area contributed by atoms with Crippen LogP contribution < -0.4 is 28.6 Å². The average molecular weight is 543 g/mol. The Bertz CT molecular complexity index is 1390. The Morgan fingerprint density at radius 2 is 1.55 bits per heavy atom. The number of carbonyl (C=O) groups is 2. The Balaban J connectivity index is 1.24. The van der Waals surface area contributed by atoms with Crippen molar-refractivity contribution in [2.75, 3.05) is 43.3 Å². The average Bonchev–Trinajstić information content (AvgIpc) is 3.39. The number of carbonyl (C=O) groups excluding carboxylic acids is 2. The van der Waals surface area contributed by atoms with Crippen LogP contribution >= 0.6 is 0 Å². The highest BCUT2D eigenvalue weighted by atomic mass is 32.2. The molecule has 0 saturated heterocycles. The molecule has 0 aromatic heterocycles. The number of nitrogens with zero attached hydrogens (tertiary/aromatic N) is 1. The van der Waals surface area contributed by atoms with Crippen molar-refractivity contribution in [3.8, 4) is 23.0 Å². The Morgan fingerprint density at radius 1 is 0.895 bits per heavy atom. The Labute approximate surface area is 219 Å². The number of benzene rings is 3. The van der Waals surface area contributed by atoms with Crippen LogP contribution in [0.15, 0.2) is 71.6 Å². The maximum atomic E-state index is 12.9. The molecule has 0 spiro atoms. The van der Waals surface area contributed by atoms with Crippen molar-refractivity contribution in [1.82, 2.24) is 0 Å². The monoisotopic (exact) mass is 542 g/mol. The van der Waals surface area contributed by atoms with Gasteiger partial charge >= 0.3 is 5.97 Å². The maximum absolute atomic E-state index is 12.9. The van der Waals surface area contributed by atoms with E-state index in [9.17, 15) is 18.0 Å². The molecule has 4 rings (SSSR count). The maximum Gasteiger partial charge on any atom is 0.344 e. The lowest BCUT2D eigenvalue weighted by Gasteiger charge is -2.20. The summed E-state index contributed by atoms with van der Waals surface area (Å²) < 4.78 is 53.2. The van der Waals surface area contributed by atoms with Gasteiger partial charge in [-0.25, -0.2) is 13.2 Å².